The largest absolute Gasteiger partial charge is 0.486 e. The molecule has 1 saturated heterocycles. The van der Waals surface area contributed by atoms with Gasteiger partial charge in [0.1, 0.15) is 17.2 Å². The molecule has 2 heterocycles. The molecule has 1 aromatic rings. The molecule has 15 heavy (non-hydrogen) atoms. The Labute approximate surface area is 88.0 Å². The predicted molar refractivity (Wildman–Crippen MR) is 53.5 cm³/mol. The molecule has 2 nitrogen and oxygen atoms in total. The van der Waals surface area contributed by atoms with E-state index in [-0.39, 0.29) is 11.4 Å². The highest BCUT2D eigenvalue weighted by Crippen LogP contribution is 2.40. The van der Waals surface area contributed by atoms with E-state index in [0.29, 0.717) is 0 Å². The maximum absolute atomic E-state index is 13.0. The van der Waals surface area contributed by atoms with E-state index in [1.54, 1.807) is 12.1 Å². The van der Waals surface area contributed by atoms with Crippen molar-refractivity contribution in [3.63, 3.8) is 0 Å². The molecule has 1 fully saturated rings. The van der Waals surface area contributed by atoms with Crippen LogP contribution in [-0.2, 0) is 11.2 Å². The molecule has 0 amide bonds. The van der Waals surface area contributed by atoms with Gasteiger partial charge in [0, 0.05) is 24.8 Å². The van der Waals surface area contributed by atoms with E-state index in [9.17, 15) is 4.39 Å². The van der Waals surface area contributed by atoms with Crippen LogP contribution >= 0.6 is 0 Å². The summed E-state index contributed by atoms with van der Waals surface area (Å²) in [4.78, 5) is 0. The Morgan fingerprint density at radius 1 is 1.20 bits per heavy atom. The van der Waals surface area contributed by atoms with Crippen LogP contribution in [0.15, 0.2) is 18.2 Å². The molecular weight excluding hydrogens is 195 g/mol. The minimum absolute atomic E-state index is 0.117. The standard InChI is InChI=1S/C12H13FO2/c13-10-1-2-11-9(7-10)8-12(15-11)3-5-14-6-4-12/h1-2,7H,3-6,8H2. The van der Waals surface area contributed by atoms with Crippen LogP contribution in [0.4, 0.5) is 4.39 Å². The Balaban J connectivity index is 1.90. The maximum Gasteiger partial charge on any atom is 0.123 e. The van der Waals surface area contributed by atoms with Crippen molar-refractivity contribution in [3.8, 4) is 5.75 Å². The van der Waals surface area contributed by atoms with Crippen molar-refractivity contribution in [2.24, 2.45) is 0 Å². The molecule has 0 saturated carbocycles. The lowest BCUT2D eigenvalue weighted by atomic mass is 9.89. The molecule has 2 aliphatic rings. The quantitative estimate of drug-likeness (QED) is 0.651. The number of rotatable bonds is 0. The minimum atomic E-state index is -0.179. The van der Waals surface area contributed by atoms with Gasteiger partial charge in [0.15, 0.2) is 0 Å². The fourth-order valence-electron chi connectivity index (χ4n) is 2.42. The van der Waals surface area contributed by atoms with Crippen LogP contribution < -0.4 is 4.74 Å². The molecule has 0 atom stereocenters. The van der Waals surface area contributed by atoms with Crippen LogP contribution in [0.3, 0.4) is 0 Å². The van der Waals surface area contributed by atoms with Crippen LogP contribution in [0.1, 0.15) is 18.4 Å². The van der Waals surface area contributed by atoms with Crippen molar-refractivity contribution in [2.75, 3.05) is 13.2 Å². The first-order chi connectivity index (χ1) is 7.27. The van der Waals surface area contributed by atoms with Crippen molar-refractivity contribution in [3.05, 3.63) is 29.6 Å². The molecule has 3 heteroatoms. The van der Waals surface area contributed by atoms with Crippen molar-refractivity contribution >= 4 is 0 Å². The van der Waals surface area contributed by atoms with Crippen LogP contribution in [0, 0.1) is 5.82 Å². The highest BCUT2D eigenvalue weighted by Gasteiger charge is 2.40. The van der Waals surface area contributed by atoms with Crippen LogP contribution in [0.5, 0.6) is 5.75 Å². The summed E-state index contributed by atoms with van der Waals surface area (Å²) in [6.45, 7) is 1.49. The average molecular weight is 208 g/mol. The van der Waals surface area contributed by atoms with Gasteiger partial charge < -0.3 is 9.47 Å². The predicted octanol–water partition coefficient (Wildman–Crippen LogP) is 2.31. The van der Waals surface area contributed by atoms with Gasteiger partial charge in [-0.3, -0.25) is 0 Å². The first-order valence-corrected chi connectivity index (χ1v) is 5.33. The summed E-state index contributed by atoms with van der Waals surface area (Å²) in [6, 6.07) is 4.77. The lowest BCUT2D eigenvalue weighted by molar-refractivity contribution is -0.0330. The molecule has 1 aromatic carbocycles. The Kier molecular flexibility index (Phi) is 1.96. The second kappa shape index (κ2) is 3.20. The third-order valence-corrected chi connectivity index (χ3v) is 3.27. The van der Waals surface area contributed by atoms with Gasteiger partial charge in [0.2, 0.25) is 0 Å². The minimum Gasteiger partial charge on any atom is -0.486 e. The second-order valence-corrected chi connectivity index (χ2v) is 4.33. The van der Waals surface area contributed by atoms with Crippen LogP contribution in [0.2, 0.25) is 0 Å². The van der Waals surface area contributed by atoms with Gasteiger partial charge in [0.25, 0.3) is 0 Å². The monoisotopic (exact) mass is 208 g/mol. The molecular formula is C12H13FO2. The lowest BCUT2D eigenvalue weighted by Crippen LogP contribution is -2.40. The van der Waals surface area contributed by atoms with Crippen molar-refractivity contribution in [1.29, 1.82) is 0 Å². The average Bonchev–Trinajstić information content (AvgIpc) is 2.56. The Hall–Kier alpha value is -1.09. The first kappa shape index (κ1) is 9.16. The Morgan fingerprint density at radius 3 is 2.80 bits per heavy atom. The summed E-state index contributed by atoms with van der Waals surface area (Å²) in [7, 11) is 0. The van der Waals surface area contributed by atoms with Crippen LogP contribution in [-0.4, -0.2) is 18.8 Å². The topological polar surface area (TPSA) is 18.5 Å². The SMILES string of the molecule is Fc1ccc2c(c1)CC1(CCOCC1)O2. The van der Waals surface area contributed by atoms with Gasteiger partial charge in [-0.25, -0.2) is 4.39 Å². The molecule has 0 unspecified atom stereocenters. The molecule has 0 bridgehead atoms. The highest BCUT2D eigenvalue weighted by molar-refractivity contribution is 5.39. The van der Waals surface area contributed by atoms with Gasteiger partial charge >= 0.3 is 0 Å². The number of hydrogen-bond acceptors (Lipinski definition) is 2. The number of hydrogen-bond donors (Lipinski definition) is 0. The van der Waals surface area contributed by atoms with E-state index in [0.717, 1.165) is 43.8 Å². The zero-order valence-electron chi connectivity index (χ0n) is 8.46. The maximum atomic E-state index is 13.0. The number of ether oxygens (including phenoxy) is 2. The molecule has 0 radical (unpaired) electrons. The van der Waals surface area contributed by atoms with E-state index < -0.39 is 0 Å². The normalized spacial score (nSPS) is 22.5. The van der Waals surface area contributed by atoms with Gasteiger partial charge in [0.05, 0.1) is 13.2 Å². The summed E-state index contributed by atoms with van der Waals surface area (Å²) in [5.74, 6) is 0.666. The molecule has 80 valence electrons. The van der Waals surface area contributed by atoms with E-state index >= 15 is 0 Å². The first-order valence-electron chi connectivity index (χ1n) is 5.33. The van der Waals surface area contributed by atoms with Gasteiger partial charge in [-0.1, -0.05) is 0 Å². The molecule has 0 aromatic heterocycles. The van der Waals surface area contributed by atoms with E-state index in [1.165, 1.54) is 6.07 Å². The van der Waals surface area contributed by atoms with Gasteiger partial charge in [-0.2, -0.15) is 0 Å². The van der Waals surface area contributed by atoms with Crippen molar-refractivity contribution in [1.82, 2.24) is 0 Å². The lowest BCUT2D eigenvalue weighted by Gasteiger charge is -2.32. The molecule has 0 N–H and O–H groups in total. The van der Waals surface area contributed by atoms with E-state index in [4.69, 9.17) is 9.47 Å². The zero-order chi connectivity index (χ0) is 10.3. The van der Waals surface area contributed by atoms with Gasteiger partial charge in [-0.15, -0.1) is 0 Å². The summed E-state index contributed by atoms with van der Waals surface area (Å²) in [5, 5.41) is 0. The number of benzene rings is 1. The summed E-state index contributed by atoms with van der Waals surface area (Å²) in [5.41, 5.74) is 0.880. The highest BCUT2D eigenvalue weighted by atomic mass is 19.1. The molecule has 1 spiro atoms. The van der Waals surface area contributed by atoms with Gasteiger partial charge in [-0.05, 0) is 18.2 Å². The fraction of sp³-hybridized carbons (Fsp3) is 0.500. The molecule has 0 aliphatic carbocycles. The Bertz CT molecular complexity index is 383. The second-order valence-electron chi connectivity index (χ2n) is 4.33. The summed E-state index contributed by atoms with van der Waals surface area (Å²) < 4.78 is 24.3. The summed E-state index contributed by atoms with van der Waals surface area (Å²) in [6.07, 6.45) is 2.63. The number of halogens is 1. The Morgan fingerprint density at radius 2 is 2.00 bits per heavy atom. The third-order valence-electron chi connectivity index (χ3n) is 3.27. The van der Waals surface area contributed by atoms with Crippen molar-refractivity contribution in [2.45, 2.75) is 24.9 Å². The number of fused-ring (bicyclic) bond motifs is 1. The summed E-state index contributed by atoms with van der Waals surface area (Å²) >= 11 is 0. The molecule has 2 aliphatic heterocycles. The fourth-order valence-corrected chi connectivity index (χ4v) is 2.42. The third kappa shape index (κ3) is 1.51. The van der Waals surface area contributed by atoms with E-state index in [2.05, 4.69) is 0 Å². The van der Waals surface area contributed by atoms with Crippen LogP contribution in [0.25, 0.3) is 0 Å². The van der Waals surface area contributed by atoms with Crippen molar-refractivity contribution < 1.29 is 13.9 Å². The van der Waals surface area contributed by atoms with E-state index in [1.807, 2.05) is 0 Å². The molecule has 3 rings (SSSR count). The zero-order valence-corrected chi connectivity index (χ0v) is 8.46. The smallest absolute Gasteiger partial charge is 0.123 e.